The molecule has 1 aromatic heterocycles. The summed E-state index contributed by atoms with van der Waals surface area (Å²) < 4.78 is 41.7. The summed E-state index contributed by atoms with van der Waals surface area (Å²) in [5.41, 5.74) is 0.0935. The standard InChI is InChI=1S/C14H16F3N5O2S/c1-13(2,3)18-11(23)8-25-12-19-20-21-22(12)9-4-6-10(7-5-9)24-14(15,16)17/h4-7H,8H2,1-3H3,(H,18,23). The summed E-state index contributed by atoms with van der Waals surface area (Å²) in [6, 6.07) is 5.09. The van der Waals surface area contributed by atoms with E-state index in [1.165, 1.54) is 16.8 Å². The van der Waals surface area contributed by atoms with Gasteiger partial charge in [-0.3, -0.25) is 4.79 Å². The SMILES string of the molecule is CC(C)(C)NC(=O)CSc1nnnn1-c1ccc(OC(F)(F)F)cc1. The molecule has 0 saturated carbocycles. The number of benzene rings is 1. The second-order valence-electron chi connectivity index (χ2n) is 6.00. The molecule has 25 heavy (non-hydrogen) atoms. The Kier molecular flexibility index (Phi) is 5.55. The van der Waals surface area contributed by atoms with Gasteiger partial charge in [-0.15, -0.1) is 18.3 Å². The topological polar surface area (TPSA) is 81.9 Å². The number of ether oxygens (including phenoxy) is 1. The molecule has 0 bridgehead atoms. The monoisotopic (exact) mass is 375 g/mol. The average molecular weight is 375 g/mol. The van der Waals surface area contributed by atoms with Crippen molar-refractivity contribution in [2.24, 2.45) is 0 Å². The van der Waals surface area contributed by atoms with Gasteiger partial charge in [0.05, 0.1) is 11.4 Å². The van der Waals surface area contributed by atoms with Gasteiger partial charge in [0.25, 0.3) is 0 Å². The fourth-order valence-electron chi connectivity index (χ4n) is 1.80. The minimum absolute atomic E-state index is 0.104. The van der Waals surface area contributed by atoms with Crippen molar-refractivity contribution in [2.45, 2.75) is 37.8 Å². The number of tetrazole rings is 1. The predicted octanol–water partition coefficient (Wildman–Crippen LogP) is 2.57. The quantitative estimate of drug-likeness (QED) is 0.809. The summed E-state index contributed by atoms with van der Waals surface area (Å²) in [6.07, 6.45) is -4.75. The maximum absolute atomic E-state index is 12.2. The fraction of sp³-hybridized carbons (Fsp3) is 0.429. The van der Waals surface area contributed by atoms with Crippen LogP contribution in [0.25, 0.3) is 5.69 Å². The molecule has 136 valence electrons. The Balaban J connectivity index is 2.05. The molecule has 0 fully saturated rings. The number of nitrogens with zero attached hydrogens (tertiary/aromatic N) is 4. The third kappa shape index (κ3) is 6.25. The highest BCUT2D eigenvalue weighted by Crippen LogP contribution is 2.25. The zero-order valence-corrected chi connectivity index (χ0v) is 14.5. The Morgan fingerprint density at radius 1 is 1.24 bits per heavy atom. The van der Waals surface area contributed by atoms with Crippen molar-refractivity contribution in [2.75, 3.05) is 5.75 Å². The lowest BCUT2D eigenvalue weighted by atomic mass is 10.1. The average Bonchev–Trinajstić information content (AvgIpc) is 2.91. The Bertz CT molecular complexity index is 725. The fourth-order valence-corrected chi connectivity index (χ4v) is 2.50. The molecular weight excluding hydrogens is 359 g/mol. The number of hydrogen-bond acceptors (Lipinski definition) is 6. The Labute approximate surface area is 145 Å². The molecule has 1 aromatic carbocycles. The first-order valence-electron chi connectivity index (χ1n) is 7.12. The molecule has 2 rings (SSSR count). The van der Waals surface area contributed by atoms with Crippen molar-refractivity contribution < 1.29 is 22.7 Å². The number of nitrogens with one attached hydrogen (secondary N) is 1. The molecule has 11 heteroatoms. The molecule has 7 nitrogen and oxygen atoms in total. The third-order valence-corrected chi connectivity index (χ3v) is 3.52. The first-order valence-corrected chi connectivity index (χ1v) is 8.10. The zero-order valence-electron chi connectivity index (χ0n) is 13.7. The zero-order chi connectivity index (χ0) is 18.7. The van der Waals surface area contributed by atoms with Crippen molar-refractivity contribution in [3.8, 4) is 11.4 Å². The van der Waals surface area contributed by atoms with Crippen molar-refractivity contribution in [3.63, 3.8) is 0 Å². The summed E-state index contributed by atoms with van der Waals surface area (Å²) in [6.45, 7) is 5.60. The first kappa shape index (κ1) is 19.0. The Morgan fingerprint density at radius 2 is 1.88 bits per heavy atom. The number of carbonyl (C=O) groups excluding carboxylic acids is 1. The molecule has 1 amide bonds. The van der Waals surface area contributed by atoms with E-state index < -0.39 is 6.36 Å². The van der Waals surface area contributed by atoms with Gasteiger partial charge in [-0.1, -0.05) is 11.8 Å². The van der Waals surface area contributed by atoms with Gasteiger partial charge < -0.3 is 10.1 Å². The summed E-state index contributed by atoms with van der Waals surface area (Å²) >= 11 is 1.12. The van der Waals surface area contributed by atoms with Gasteiger partial charge in [0.1, 0.15) is 5.75 Å². The highest BCUT2D eigenvalue weighted by atomic mass is 32.2. The second kappa shape index (κ2) is 7.30. The van der Waals surface area contributed by atoms with E-state index in [9.17, 15) is 18.0 Å². The van der Waals surface area contributed by atoms with Crippen LogP contribution < -0.4 is 10.1 Å². The van der Waals surface area contributed by atoms with Gasteiger partial charge in [-0.25, -0.2) is 0 Å². The van der Waals surface area contributed by atoms with E-state index in [1.54, 1.807) is 0 Å². The van der Waals surface area contributed by atoms with E-state index in [1.807, 2.05) is 20.8 Å². The molecule has 1 N–H and O–H groups in total. The van der Waals surface area contributed by atoms with E-state index in [0.29, 0.717) is 10.8 Å². The van der Waals surface area contributed by atoms with E-state index in [0.717, 1.165) is 23.9 Å². The summed E-state index contributed by atoms with van der Waals surface area (Å²) in [5.74, 6) is -0.420. The maximum atomic E-state index is 12.2. The van der Waals surface area contributed by atoms with E-state index in [4.69, 9.17) is 0 Å². The minimum Gasteiger partial charge on any atom is -0.406 e. The summed E-state index contributed by atoms with van der Waals surface area (Å²) in [4.78, 5) is 11.8. The number of thioether (sulfide) groups is 1. The van der Waals surface area contributed by atoms with Crippen molar-refractivity contribution in [1.82, 2.24) is 25.5 Å². The van der Waals surface area contributed by atoms with Crippen LogP contribution in [0.1, 0.15) is 20.8 Å². The van der Waals surface area contributed by atoms with E-state index in [-0.39, 0.29) is 22.9 Å². The molecule has 0 aliphatic rings. The molecular formula is C14H16F3N5O2S. The Hall–Kier alpha value is -2.30. The number of halogens is 3. The van der Waals surface area contributed by atoms with Crippen LogP contribution in [-0.2, 0) is 4.79 Å². The molecule has 0 saturated heterocycles. The lowest BCUT2D eigenvalue weighted by Gasteiger charge is -2.20. The van der Waals surface area contributed by atoms with E-state index >= 15 is 0 Å². The van der Waals surface area contributed by atoms with Gasteiger partial charge in [-0.2, -0.15) is 4.68 Å². The van der Waals surface area contributed by atoms with Crippen LogP contribution in [0.4, 0.5) is 13.2 Å². The molecule has 0 aliphatic carbocycles. The molecule has 0 atom stereocenters. The normalized spacial score (nSPS) is 12.1. The van der Waals surface area contributed by atoms with Crippen LogP contribution in [0.15, 0.2) is 29.4 Å². The smallest absolute Gasteiger partial charge is 0.406 e. The minimum atomic E-state index is -4.75. The van der Waals surface area contributed by atoms with Gasteiger partial charge >= 0.3 is 6.36 Å². The maximum Gasteiger partial charge on any atom is 0.573 e. The molecule has 1 heterocycles. The number of carbonyl (C=O) groups is 1. The second-order valence-corrected chi connectivity index (χ2v) is 6.94. The molecule has 0 radical (unpaired) electrons. The molecule has 0 unspecified atom stereocenters. The van der Waals surface area contributed by atoms with Crippen LogP contribution in [0.3, 0.4) is 0 Å². The van der Waals surface area contributed by atoms with Crippen LogP contribution in [0, 0.1) is 0 Å². The van der Waals surface area contributed by atoms with Gasteiger partial charge in [-0.05, 0) is 55.5 Å². The molecule has 2 aromatic rings. The van der Waals surface area contributed by atoms with Crippen molar-refractivity contribution in [1.29, 1.82) is 0 Å². The van der Waals surface area contributed by atoms with Crippen LogP contribution in [-0.4, -0.2) is 43.8 Å². The number of rotatable bonds is 5. The number of amides is 1. The molecule has 0 spiro atoms. The van der Waals surface area contributed by atoms with Gasteiger partial charge in [0.15, 0.2) is 0 Å². The lowest BCUT2D eigenvalue weighted by molar-refractivity contribution is -0.274. The number of hydrogen-bond donors (Lipinski definition) is 1. The van der Waals surface area contributed by atoms with Gasteiger partial charge in [0, 0.05) is 5.54 Å². The highest BCUT2D eigenvalue weighted by Gasteiger charge is 2.31. The summed E-state index contributed by atoms with van der Waals surface area (Å²) in [7, 11) is 0. The largest absolute Gasteiger partial charge is 0.573 e. The Morgan fingerprint density at radius 3 is 2.44 bits per heavy atom. The van der Waals surface area contributed by atoms with Crippen LogP contribution in [0.5, 0.6) is 5.75 Å². The third-order valence-electron chi connectivity index (χ3n) is 2.60. The highest BCUT2D eigenvalue weighted by molar-refractivity contribution is 7.99. The van der Waals surface area contributed by atoms with Crippen LogP contribution in [0.2, 0.25) is 0 Å². The lowest BCUT2D eigenvalue weighted by Crippen LogP contribution is -2.41. The van der Waals surface area contributed by atoms with Crippen LogP contribution >= 0.6 is 11.8 Å². The van der Waals surface area contributed by atoms with Crippen molar-refractivity contribution in [3.05, 3.63) is 24.3 Å². The number of aromatic nitrogens is 4. The molecule has 0 aliphatic heterocycles. The number of alkyl halides is 3. The first-order chi connectivity index (χ1) is 11.5. The predicted molar refractivity (Wildman–Crippen MR) is 84.5 cm³/mol. The summed E-state index contributed by atoms with van der Waals surface area (Å²) in [5, 5.41) is 14.3. The van der Waals surface area contributed by atoms with Crippen molar-refractivity contribution >= 4 is 17.7 Å². The van der Waals surface area contributed by atoms with Gasteiger partial charge in [0.2, 0.25) is 11.1 Å². The van der Waals surface area contributed by atoms with E-state index in [2.05, 4.69) is 25.6 Å².